The largest absolute Gasteiger partial charge is 0.301 e. The maximum atomic E-state index is 6.06. The van der Waals surface area contributed by atoms with E-state index in [0.29, 0.717) is 12.6 Å². The third-order valence-corrected chi connectivity index (χ3v) is 6.76. The first-order valence-electron chi connectivity index (χ1n) is 12.2. The molecule has 0 radical (unpaired) electrons. The van der Waals surface area contributed by atoms with Crippen LogP contribution in [-0.2, 0) is 19.5 Å². The highest BCUT2D eigenvalue weighted by atomic mass is 32.1. The van der Waals surface area contributed by atoms with Crippen LogP contribution >= 0.6 is 12.2 Å². The number of piperazine rings is 1. The van der Waals surface area contributed by atoms with Gasteiger partial charge in [0.05, 0.1) is 12.4 Å². The highest BCUT2D eigenvalue weighted by Crippen LogP contribution is 2.28. The van der Waals surface area contributed by atoms with Gasteiger partial charge >= 0.3 is 0 Å². The maximum Gasteiger partial charge on any atom is 0.204 e. The lowest BCUT2D eigenvalue weighted by Gasteiger charge is -2.35. The molecular formula is C26H36N6S. The lowest BCUT2D eigenvalue weighted by molar-refractivity contribution is 0.0951. The molecule has 0 spiro atoms. The van der Waals surface area contributed by atoms with Gasteiger partial charge in [-0.3, -0.25) is 14.5 Å². The Balaban J connectivity index is 1.72. The van der Waals surface area contributed by atoms with Crippen molar-refractivity contribution in [2.75, 3.05) is 32.7 Å². The van der Waals surface area contributed by atoms with Crippen molar-refractivity contribution in [3.8, 4) is 17.1 Å². The molecule has 7 heteroatoms. The molecule has 0 aliphatic carbocycles. The first kappa shape index (κ1) is 23.8. The number of hydrogen-bond donors (Lipinski definition) is 0. The number of hydrogen-bond acceptors (Lipinski definition) is 5. The van der Waals surface area contributed by atoms with Crippen LogP contribution in [-0.4, -0.2) is 61.9 Å². The zero-order valence-corrected chi connectivity index (χ0v) is 21.2. The van der Waals surface area contributed by atoms with Gasteiger partial charge in [-0.05, 0) is 54.2 Å². The molecule has 3 heterocycles. The third kappa shape index (κ3) is 5.26. The number of para-hydroxylation sites is 1. The molecule has 6 nitrogen and oxygen atoms in total. The summed E-state index contributed by atoms with van der Waals surface area (Å²) in [6.45, 7) is 15.1. The molecular weight excluding hydrogens is 428 g/mol. The van der Waals surface area contributed by atoms with Crippen molar-refractivity contribution in [1.82, 2.24) is 29.1 Å². The fourth-order valence-electron chi connectivity index (χ4n) is 4.70. The smallest absolute Gasteiger partial charge is 0.204 e. The molecule has 33 heavy (non-hydrogen) atoms. The third-order valence-electron chi connectivity index (χ3n) is 6.37. The lowest BCUT2D eigenvalue weighted by Crippen LogP contribution is -2.47. The van der Waals surface area contributed by atoms with Gasteiger partial charge in [-0.2, -0.15) is 0 Å². The fraction of sp³-hybridized carbons (Fsp3) is 0.500. The van der Waals surface area contributed by atoms with Crippen LogP contribution in [0.15, 0.2) is 42.7 Å². The lowest BCUT2D eigenvalue weighted by atomic mass is 10.0. The number of nitrogens with zero attached hydrogens (tertiary/aromatic N) is 6. The van der Waals surface area contributed by atoms with Crippen molar-refractivity contribution < 1.29 is 0 Å². The van der Waals surface area contributed by atoms with Crippen molar-refractivity contribution in [3.05, 3.63) is 58.6 Å². The van der Waals surface area contributed by atoms with Gasteiger partial charge in [-0.1, -0.05) is 45.9 Å². The van der Waals surface area contributed by atoms with Gasteiger partial charge in [-0.15, -0.1) is 5.10 Å². The van der Waals surface area contributed by atoms with Crippen LogP contribution in [0.1, 0.15) is 38.8 Å². The number of benzene rings is 1. The number of aromatic nitrogens is 4. The number of pyridine rings is 1. The molecule has 1 saturated heterocycles. The van der Waals surface area contributed by atoms with E-state index in [1.165, 1.54) is 23.4 Å². The van der Waals surface area contributed by atoms with Crippen LogP contribution in [0.4, 0.5) is 0 Å². The topological polar surface area (TPSA) is 42.1 Å². The highest BCUT2D eigenvalue weighted by molar-refractivity contribution is 7.71. The molecule has 0 bridgehead atoms. The van der Waals surface area contributed by atoms with Crippen LogP contribution in [0.25, 0.3) is 17.1 Å². The Morgan fingerprint density at radius 1 is 0.939 bits per heavy atom. The van der Waals surface area contributed by atoms with Gasteiger partial charge in [0, 0.05) is 50.7 Å². The zero-order chi connectivity index (χ0) is 23.4. The summed E-state index contributed by atoms with van der Waals surface area (Å²) in [5, 5.41) is 5.05. The van der Waals surface area contributed by atoms with Gasteiger partial charge in [0.25, 0.3) is 0 Å². The van der Waals surface area contributed by atoms with E-state index in [4.69, 9.17) is 17.3 Å². The van der Waals surface area contributed by atoms with E-state index in [2.05, 4.69) is 71.3 Å². The van der Waals surface area contributed by atoms with Crippen LogP contribution in [0, 0.1) is 10.7 Å². The first-order chi connectivity index (χ1) is 16.0. The van der Waals surface area contributed by atoms with Gasteiger partial charge in [0.2, 0.25) is 4.77 Å². The number of aryl methyl sites for hydroxylation is 2. The molecule has 176 valence electrons. The highest BCUT2D eigenvalue weighted by Gasteiger charge is 2.22. The van der Waals surface area contributed by atoms with Gasteiger partial charge in [-0.25, -0.2) is 4.68 Å². The molecule has 2 aromatic heterocycles. The second kappa shape index (κ2) is 10.7. The Morgan fingerprint density at radius 2 is 1.61 bits per heavy atom. The molecule has 1 aliphatic rings. The Morgan fingerprint density at radius 3 is 2.18 bits per heavy atom. The molecule has 0 atom stereocenters. The van der Waals surface area contributed by atoms with Crippen molar-refractivity contribution in [1.29, 1.82) is 0 Å². The van der Waals surface area contributed by atoms with Crippen LogP contribution in [0.3, 0.4) is 0 Å². The zero-order valence-electron chi connectivity index (χ0n) is 20.4. The number of rotatable bonds is 8. The summed E-state index contributed by atoms with van der Waals surface area (Å²) in [6, 6.07) is 10.6. The molecule has 1 aromatic carbocycles. The van der Waals surface area contributed by atoms with E-state index in [0.717, 1.165) is 55.2 Å². The van der Waals surface area contributed by atoms with Crippen molar-refractivity contribution in [2.45, 2.75) is 47.2 Å². The molecule has 0 N–H and O–H groups in total. The molecule has 4 rings (SSSR count). The summed E-state index contributed by atoms with van der Waals surface area (Å²) in [4.78, 5) is 9.38. The van der Waals surface area contributed by atoms with Crippen molar-refractivity contribution in [3.63, 3.8) is 0 Å². The minimum atomic E-state index is 0.703. The van der Waals surface area contributed by atoms with E-state index in [9.17, 15) is 0 Å². The van der Waals surface area contributed by atoms with Crippen LogP contribution < -0.4 is 0 Å². The standard InChI is InChI=1S/C26H36N6S/c1-5-21-9-7-10-22(6-2)24(21)32-25(23-11-8-12-27-17-23)28-31(26(32)33)19-30-15-13-29(14-16-30)18-20(3)4/h7-12,17,20H,5-6,13-16,18-19H2,1-4H3. The predicted molar refractivity (Wildman–Crippen MR) is 137 cm³/mol. The molecule has 0 amide bonds. The van der Waals surface area contributed by atoms with Gasteiger partial charge < -0.3 is 4.90 Å². The Labute approximate surface area is 202 Å². The maximum absolute atomic E-state index is 6.06. The van der Waals surface area contributed by atoms with E-state index >= 15 is 0 Å². The Kier molecular flexibility index (Phi) is 7.73. The van der Waals surface area contributed by atoms with Crippen molar-refractivity contribution in [2.24, 2.45) is 5.92 Å². The summed E-state index contributed by atoms with van der Waals surface area (Å²) in [5.41, 5.74) is 4.74. The van der Waals surface area contributed by atoms with Crippen molar-refractivity contribution >= 4 is 12.2 Å². The van der Waals surface area contributed by atoms with E-state index < -0.39 is 0 Å². The second-order valence-corrected chi connectivity index (χ2v) is 9.63. The summed E-state index contributed by atoms with van der Waals surface area (Å²) in [7, 11) is 0. The molecule has 0 unspecified atom stereocenters. The minimum absolute atomic E-state index is 0.703. The molecule has 1 aliphatic heterocycles. The average Bonchev–Trinajstić information content (AvgIpc) is 3.15. The summed E-state index contributed by atoms with van der Waals surface area (Å²) < 4.78 is 4.93. The molecule has 1 fully saturated rings. The fourth-order valence-corrected chi connectivity index (χ4v) is 4.98. The first-order valence-corrected chi connectivity index (χ1v) is 12.6. The summed E-state index contributed by atoms with van der Waals surface area (Å²) in [6.07, 6.45) is 5.57. The average molecular weight is 465 g/mol. The van der Waals surface area contributed by atoms with Gasteiger partial charge in [0.15, 0.2) is 5.82 Å². The normalized spacial score (nSPS) is 15.4. The molecule has 3 aromatic rings. The minimum Gasteiger partial charge on any atom is -0.301 e. The Bertz CT molecular complexity index is 1090. The summed E-state index contributed by atoms with van der Waals surface area (Å²) >= 11 is 6.06. The van der Waals surface area contributed by atoms with Crippen LogP contribution in [0.2, 0.25) is 0 Å². The van der Waals surface area contributed by atoms with Crippen LogP contribution in [0.5, 0.6) is 0 Å². The van der Waals surface area contributed by atoms with E-state index in [-0.39, 0.29) is 0 Å². The predicted octanol–water partition coefficient (Wildman–Crippen LogP) is 4.82. The van der Waals surface area contributed by atoms with E-state index in [1.807, 2.05) is 16.9 Å². The monoisotopic (exact) mass is 464 g/mol. The van der Waals surface area contributed by atoms with E-state index in [1.54, 1.807) is 6.20 Å². The second-order valence-electron chi connectivity index (χ2n) is 9.27. The quantitative estimate of drug-likeness (QED) is 0.447. The van der Waals surface area contributed by atoms with Gasteiger partial charge in [0.1, 0.15) is 0 Å². The SMILES string of the molecule is CCc1cccc(CC)c1-n1c(-c2cccnc2)nn(CN2CCN(CC(C)C)CC2)c1=S. The molecule has 0 saturated carbocycles. The Hall–Kier alpha value is -2.35. The summed E-state index contributed by atoms with van der Waals surface area (Å²) in [5.74, 6) is 1.57.